The second kappa shape index (κ2) is 9.87. The summed E-state index contributed by atoms with van der Waals surface area (Å²) < 4.78 is 0. The van der Waals surface area contributed by atoms with Gasteiger partial charge in [0, 0.05) is 0 Å². The van der Waals surface area contributed by atoms with Crippen LogP contribution in [0.2, 0.25) is 0 Å². The average Bonchev–Trinajstić information content (AvgIpc) is 2.98. The van der Waals surface area contributed by atoms with Crippen molar-refractivity contribution in [1.29, 1.82) is 0 Å². The second-order valence-corrected chi connectivity index (χ2v) is 7.07. The molecule has 0 amide bonds. The van der Waals surface area contributed by atoms with Gasteiger partial charge in [-0.1, -0.05) is 91.4 Å². The van der Waals surface area contributed by atoms with Gasteiger partial charge in [0.15, 0.2) is 0 Å². The molecule has 18 heavy (non-hydrogen) atoms. The van der Waals surface area contributed by atoms with Crippen molar-refractivity contribution in [2.24, 2.45) is 17.8 Å². The predicted molar refractivity (Wildman–Crippen MR) is 82.9 cm³/mol. The van der Waals surface area contributed by atoms with E-state index in [1.54, 1.807) is 0 Å². The lowest BCUT2D eigenvalue weighted by Crippen LogP contribution is -1.98. The van der Waals surface area contributed by atoms with Crippen LogP contribution >= 0.6 is 0 Å². The van der Waals surface area contributed by atoms with Gasteiger partial charge in [0.25, 0.3) is 0 Å². The first-order valence-corrected chi connectivity index (χ1v) is 8.72. The topological polar surface area (TPSA) is 0 Å². The smallest absolute Gasteiger partial charge is 0.0412 e. The fourth-order valence-electron chi connectivity index (χ4n) is 3.70. The number of hydrogen-bond donors (Lipinski definition) is 0. The molecule has 0 aromatic heterocycles. The van der Waals surface area contributed by atoms with Crippen LogP contribution in [0, 0.1) is 17.8 Å². The predicted octanol–water partition coefficient (Wildman–Crippen LogP) is 6.59. The molecular weight excluding hydrogens is 216 g/mol. The standard InChI is InChI=1S/2C9H18/c1-8(2)7-9-5-3-4-6-9;1-2-3-6-9-7-4-5-8-9/h8-9H,3-7H2,1-2H3;9H,2-8H2,1H3. The molecule has 0 radical (unpaired) electrons. The van der Waals surface area contributed by atoms with Crippen molar-refractivity contribution < 1.29 is 0 Å². The summed E-state index contributed by atoms with van der Waals surface area (Å²) >= 11 is 0. The fraction of sp³-hybridized carbons (Fsp3) is 1.00. The van der Waals surface area contributed by atoms with Crippen molar-refractivity contribution in [3.8, 4) is 0 Å². The molecule has 2 aliphatic carbocycles. The molecule has 0 aromatic rings. The van der Waals surface area contributed by atoms with E-state index in [9.17, 15) is 0 Å². The third-order valence-electron chi connectivity index (χ3n) is 4.72. The molecule has 2 saturated carbocycles. The maximum atomic E-state index is 2.33. The first kappa shape index (κ1) is 16.1. The lowest BCUT2D eigenvalue weighted by Gasteiger charge is -2.10. The molecule has 0 saturated heterocycles. The molecule has 2 fully saturated rings. The van der Waals surface area contributed by atoms with Crippen molar-refractivity contribution >= 4 is 0 Å². The number of unbranched alkanes of at least 4 members (excludes halogenated alkanes) is 1. The van der Waals surface area contributed by atoms with Crippen LogP contribution in [0.1, 0.15) is 97.8 Å². The quantitative estimate of drug-likeness (QED) is 0.518. The Morgan fingerprint density at radius 1 is 0.833 bits per heavy atom. The van der Waals surface area contributed by atoms with Crippen molar-refractivity contribution in [2.45, 2.75) is 97.8 Å². The average molecular weight is 252 g/mol. The monoisotopic (exact) mass is 252 g/mol. The summed E-state index contributed by atoms with van der Waals surface area (Å²) in [6.45, 7) is 6.95. The van der Waals surface area contributed by atoms with Gasteiger partial charge in [-0.3, -0.25) is 0 Å². The summed E-state index contributed by atoms with van der Waals surface area (Å²) in [4.78, 5) is 0. The molecular formula is C18H36. The Morgan fingerprint density at radius 3 is 1.78 bits per heavy atom. The highest BCUT2D eigenvalue weighted by Crippen LogP contribution is 2.30. The van der Waals surface area contributed by atoms with Gasteiger partial charge in [-0.15, -0.1) is 0 Å². The molecule has 0 unspecified atom stereocenters. The maximum Gasteiger partial charge on any atom is -0.0412 e. The van der Waals surface area contributed by atoms with E-state index in [0.29, 0.717) is 0 Å². The van der Waals surface area contributed by atoms with Crippen molar-refractivity contribution in [2.75, 3.05) is 0 Å². The minimum Gasteiger partial charge on any atom is -0.0654 e. The van der Waals surface area contributed by atoms with Crippen LogP contribution in [-0.2, 0) is 0 Å². The van der Waals surface area contributed by atoms with Gasteiger partial charge in [-0.05, 0) is 24.2 Å². The minimum absolute atomic E-state index is 0.924. The first-order valence-electron chi connectivity index (χ1n) is 8.72. The Bertz CT molecular complexity index is 170. The summed E-state index contributed by atoms with van der Waals surface area (Å²) in [7, 11) is 0. The van der Waals surface area contributed by atoms with E-state index < -0.39 is 0 Å². The van der Waals surface area contributed by atoms with E-state index in [-0.39, 0.29) is 0 Å². The molecule has 2 rings (SSSR count). The van der Waals surface area contributed by atoms with Gasteiger partial charge in [0.1, 0.15) is 0 Å². The summed E-state index contributed by atoms with van der Waals surface area (Å²) in [5, 5.41) is 0. The zero-order chi connectivity index (χ0) is 13.2. The molecule has 0 N–H and O–H groups in total. The third-order valence-corrected chi connectivity index (χ3v) is 4.72. The molecule has 0 atom stereocenters. The van der Waals surface area contributed by atoms with Crippen LogP contribution in [0.3, 0.4) is 0 Å². The van der Waals surface area contributed by atoms with E-state index in [1.165, 1.54) is 77.0 Å². The Hall–Kier alpha value is 0. The van der Waals surface area contributed by atoms with Gasteiger partial charge in [-0.25, -0.2) is 0 Å². The Kier molecular flexibility index (Phi) is 8.80. The molecule has 2 aliphatic rings. The molecule has 0 aromatic carbocycles. The SMILES string of the molecule is CC(C)CC1CCCC1.CCCCC1CCCC1. The lowest BCUT2D eigenvalue weighted by atomic mass is 9.96. The summed E-state index contributed by atoms with van der Waals surface area (Å²) in [6, 6.07) is 0. The van der Waals surface area contributed by atoms with Gasteiger partial charge in [0.2, 0.25) is 0 Å². The summed E-state index contributed by atoms with van der Waals surface area (Å²) in [5.41, 5.74) is 0. The Labute approximate surface area is 116 Å². The molecule has 0 aliphatic heterocycles. The fourth-order valence-corrected chi connectivity index (χ4v) is 3.70. The molecule has 0 spiro atoms. The zero-order valence-electron chi connectivity index (χ0n) is 13.2. The Balaban J connectivity index is 0.000000180. The molecule has 0 nitrogen and oxygen atoms in total. The van der Waals surface area contributed by atoms with Crippen molar-refractivity contribution in [3.63, 3.8) is 0 Å². The van der Waals surface area contributed by atoms with E-state index in [4.69, 9.17) is 0 Å². The van der Waals surface area contributed by atoms with Crippen LogP contribution in [0.15, 0.2) is 0 Å². The first-order chi connectivity index (χ1) is 8.72. The van der Waals surface area contributed by atoms with E-state index >= 15 is 0 Å². The highest BCUT2D eigenvalue weighted by molar-refractivity contribution is 4.68. The van der Waals surface area contributed by atoms with Crippen molar-refractivity contribution in [3.05, 3.63) is 0 Å². The van der Waals surface area contributed by atoms with Gasteiger partial charge in [0.05, 0.1) is 0 Å². The van der Waals surface area contributed by atoms with Crippen LogP contribution in [0.5, 0.6) is 0 Å². The van der Waals surface area contributed by atoms with E-state index in [0.717, 1.165) is 17.8 Å². The Morgan fingerprint density at radius 2 is 1.33 bits per heavy atom. The molecule has 0 bridgehead atoms. The van der Waals surface area contributed by atoms with E-state index in [1.807, 2.05) is 0 Å². The van der Waals surface area contributed by atoms with E-state index in [2.05, 4.69) is 20.8 Å². The summed E-state index contributed by atoms with van der Waals surface area (Å²) in [6.07, 6.45) is 17.9. The largest absolute Gasteiger partial charge is 0.0654 e. The normalized spacial score (nSPS) is 21.3. The van der Waals surface area contributed by atoms with Gasteiger partial charge in [-0.2, -0.15) is 0 Å². The van der Waals surface area contributed by atoms with Crippen LogP contribution in [0.25, 0.3) is 0 Å². The van der Waals surface area contributed by atoms with Crippen molar-refractivity contribution in [1.82, 2.24) is 0 Å². The van der Waals surface area contributed by atoms with Crippen LogP contribution in [0.4, 0.5) is 0 Å². The minimum atomic E-state index is 0.924. The van der Waals surface area contributed by atoms with Gasteiger partial charge < -0.3 is 0 Å². The third kappa shape index (κ3) is 7.44. The second-order valence-electron chi connectivity index (χ2n) is 7.07. The van der Waals surface area contributed by atoms with Crippen LogP contribution < -0.4 is 0 Å². The van der Waals surface area contributed by atoms with Gasteiger partial charge >= 0.3 is 0 Å². The molecule has 0 heteroatoms. The number of rotatable bonds is 5. The highest BCUT2D eigenvalue weighted by Gasteiger charge is 2.15. The highest BCUT2D eigenvalue weighted by atomic mass is 14.2. The summed E-state index contributed by atoms with van der Waals surface area (Å²) in [5.74, 6) is 3.13. The number of hydrogen-bond acceptors (Lipinski definition) is 0. The molecule has 108 valence electrons. The maximum absolute atomic E-state index is 2.33. The lowest BCUT2D eigenvalue weighted by molar-refractivity contribution is 0.419. The van der Waals surface area contributed by atoms with Crippen LogP contribution in [-0.4, -0.2) is 0 Å². The molecule has 0 heterocycles. The zero-order valence-corrected chi connectivity index (χ0v) is 13.2.